The number of carbonyl (C=O) groups excluding carboxylic acids is 1. The second-order valence-corrected chi connectivity index (χ2v) is 11.1. The zero-order valence-corrected chi connectivity index (χ0v) is 22.7. The third-order valence-electron chi connectivity index (χ3n) is 6.03. The van der Waals surface area contributed by atoms with Crippen LogP contribution in [0.1, 0.15) is 31.9 Å². The number of thiophene rings is 1. The summed E-state index contributed by atoms with van der Waals surface area (Å²) in [4.78, 5) is 15.8. The Balaban J connectivity index is 1.56. The first-order valence-corrected chi connectivity index (χ1v) is 13.8. The number of nitrogens with one attached hydrogen (secondary N) is 2. The monoisotopic (exact) mass is 571 g/mol. The molecule has 2 N–H and O–H groups in total. The third kappa shape index (κ3) is 5.95. The van der Waals surface area contributed by atoms with Gasteiger partial charge in [0.25, 0.3) is 5.91 Å². The maximum Gasteiger partial charge on any atom is 0.416 e. The van der Waals surface area contributed by atoms with Crippen molar-refractivity contribution in [3.8, 4) is 0 Å². The van der Waals surface area contributed by atoms with Crippen LogP contribution in [-0.2, 0) is 21.9 Å². The topological polar surface area (TPSA) is 70.7 Å². The van der Waals surface area contributed by atoms with Gasteiger partial charge in [0.2, 0.25) is 0 Å². The Morgan fingerprint density at radius 3 is 2.46 bits per heavy atom. The lowest BCUT2D eigenvalue weighted by molar-refractivity contribution is -0.137. The van der Waals surface area contributed by atoms with Gasteiger partial charge in [0.1, 0.15) is 4.88 Å². The predicted octanol–water partition coefficient (Wildman–Crippen LogP) is 6.57. The van der Waals surface area contributed by atoms with Crippen LogP contribution in [0.5, 0.6) is 0 Å². The Morgan fingerprint density at radius 1 is 1.11 bits per heavy atom. The molecule has 0 bridgehead atoms. The molecule has 0 spiro atoms. The number of alkyl halides is 3. The molecule has 1 atom stereocenters. The summed E-state index contributed by atoms with van der Waals surface area (Å²) in [6.45, 7) is 8.73. The van der Waals surface area contributed by atoms with E-state index in [1.165, 1.54) is 0 Å². The van der Waals surface area contributed by atoms with E-state index in [0.717, 1.165) is 65.0 Å². The Bertz CT molecular complexity index is 1350. The minimum absolute atomic E-state index is 0.0207. The van der Waals surface area contributed by atoms with Gasteiger partial charge < -0.3 is 15.0 Å². The van der Waals surface area contributed by atoms with Crippen LogP contribution in [0.2, 0.25) is 5.02 Å². The van der Waals surface area contributed by atoms with E-state index >= 15 is 0 Å². The fourth-order valence-electron chi connectivity index (χ4n) is 4.36. The molecule has 2 heterocycles. The van der Waals surface area contributed by atoms with Gasteiger partial charge in [-0.3, -0.25) is 9.52 Å². The van der Waals surface area contributed by atoms with Crippen LogP contribution < -0.4 is 14.9 Å². The quantitative estimate of drug-likeness (QED) is 0.351. The maximum absolute atomic E-state index is 13.3. The highest BCUT2D eigenvalue weighted by Crippen LogP contribution is 2.36. The number of aryl methyl sites for hydroxylation is 2. The van der Waals surface area contributed by atoms with Gasteiger partial charge in [0, 0.05) is 24.5 Å². The molecule has 0 aliphatic carbocycles. The summed E-state index contributed by atoms with van der Waals surface area (Å²) in [7, 11) is -1.99. The molecule has 2 aromatic carbocycles. The number of hydrogen-bond acceptors (Lipinski definition) is 5. The van der Waals surface area contributed by atoms with Gasteiger partial charge in [-0.25, -0.2) is 4.21 Å². The molecule has 6 nitrogen and oxygen atoms in total. The number of benzene rings is 2. The molecule has 1 unspecified atom stereocenters. The third-order valence-corrected chi connectivity index (χ3v) is 8.53. The number of ether oxygens (including phenoxy) is 1. The summed E-state index contributed by atoms with van der Waals surface area (Å²) >= 11 is 7.14. The standard InChI is InChI=1S/C25H25ClF3N3O3S2/c1-14-12-15(2)22(32-7-9-35-10-8-32)16(3)21(14)30-24(33)23-19(6-11-36-23)31-37(34)20-5-4-17(13-18(20)26)25(27,28)29/h4-6,11-13,31H,7-10H2,1-3H3,(H,30,33). The summed E-state index contributed by atoms with van der Waals surface area (Å²) in [5.41, 5.74) is 4.07. The zero-order chi connectivity index (χ0) is 26.9. The van der Waals surface area contributed by atoms with Gasteiger partial charge in [-0.1, -0.05) is 17.7 Å². The van der Waals surface area contributed by atoms with Gasteiger partial charge in [0.05, 0.1) is 34.4 Å². The number of amides is 1. The average molecular weight is 572 g/mol. The van der Waals surface area contributed by atoms with Crippen molar-refractivity contribution in [2.75, 3.05) is 41.2 Å². The highest BCUT2D eigenvalue weighted by molar-refractivity contribution is 7.86. The lowest BCUT2D eigenvalue weighted by atomic mass is 10.0. The summed E-state index contributed by atoms with van der Waals surface area (Å²) in [5, 5.41) is 4.38. The van der Waals surface area contributed by atoms with E-state index in [1.807, 2.05) is 26.8 Å². The average Bonchev–Trinajstić information content (AvgIpc) is 3.29. The van der Waals surface area contributed by atoms with Crippen molar-refractivity contribution >= 4 is 56.9 Å². The lowest BCUT2D eigenvalue weighted by Gasteiger charge is -2.32. The van der Waals surface area contributed by atoms with Crippen LogP contribution in [0, 0.1) is 20.8 Å². The predicted molar refractivity (Wildman–Crippen MR) is 142 cm³/mol. The first-order chi connectivity index (χ1) is 17.5. The molecule has 12 heteroatoms. The molecule has 1 aliphatic heterocycles. The van der Waals surface area contributed by atoms with Gasteiger partial charge in [-0.2, -0.15) is 13.2 Å². The Labute approximate surface area is 224 Å². The molecule has 4 rings (SSSR count). The van der Waals surface area contributed by atoms with Crippen LogP contribution in [0.25, 0.3) is 0 Å². The first-order valence-electron chi connectivity index (χ1n) is 11.3. The minimum atomic E-state index is -4.57. The molecule has 1 fully saturated rings. The highest BCUT2D eigenvalue weighted by atomic mass is 35.5. The molecule has 1 aliphatic rings. The number of carbonyl (C=O) groups is 1. The summed E-state index contributed by atoms with van der Waals surface area (Å²) in [5.74, 6) is -0.393. The number of morpholine rings is 1. The Hall–Kier alpha value is -2.60. The lowest BCUT2D eigenvalue weighted by Crippen LogP contribution is -2.37. The van der Waals surface area contributed by atoms with Gasteiger partial charge in [0.15, 0.2) is 11.0 Å². The van der Waals surface area contributed by atoms with Crippen LogP contribution >= 0.6 is 22.9 Å². The van der Waals surface area contributed by atoms with Crippen LogP contribution in [0.15, 0.2) is 40.6 Å². The molecule has 1 saturated heterocycles. The number of anilines is 3. The maximum atomic E-state index is 13.3. The van der Waals surface area contributed by atoms with Crippen molar-refractivity contribution in [1.29, 1.82) is 0 Å². The Kier molecular flexibility index (Phi) is 8.17. The van der Waals surface area contributed by atoms with E-state index in [9.17, 15) is 22.2 Å². The Morgan fingerprint density at radius 2 is 1.81 bits per heavy atom. The van der Waals surface area contributed by atoms with Crippen molar-refractivity contribution in [2.45, 2.75) is 31.8 Å². The second kappa shape index (κ2) is 11.0. The molecular formula is C25H25ClF3N3O3S2. The van der Waals surface area contributed by atoms with E-state index in [2.05, 4.69) is 14.9 Å². The highest BCUT2D eigenvalue weighted by Gasteiger charge is 2.31. The normalized spacial score (nSPS) is 14.9. The second-order valence-electron chi connectivity index (χ2n) is 8.59. The number of rotatable bonds is 6. The van der Waals surface area contributed by atoms with Crippen LogP contribution in [0.3, 0.4) is 0 Å². The summed E-state index contributed by atoms with van der Waals surface area (Å²) in [6, 6.07) is 6.22. The van der Waals surface area contributed by atoms with E-state index in [-0.39, 0.29) is 20.5 Å². The molecule has 0 radical (unpaired) electrons. The molecular weight excluding hydrogens is 547 g/mol. The summed E-state index contributed by atoms with van der Waals surface area (Å²) in [6.07, 6.45) is -4.57. The van der Waals surface area contributed by atoms with Crippen molar-refractivity contribution in [3.05, 3.63) is 67.9 Å². The summed E-state index contributed by atoms with van der Waals surface area (Å²) < 4.78 is 59.9. The molecule has 198 valence electrons. The largest absolute Gasteiger partial charge is 0.416 e. The smallest absolute Gasteiger partial charge is 0.378 e. The van der Waals surface area contributed by atoms with E-state index in [4.69, 9.17) is 16.3 Å². The molecule has 0 saturated carbocycles. The minimum Gasteiger partial charge on any atom is -0.378 e. The number of nitrogens with zero attached hydrogens (tertiary/aromatic N) is 1. The van der Waals surface area contributed by atoms with Crippen molar-refractivity contribution in [2.24, 2.45) is 0 Å². The fourth-order valence-corrected chi connectivity index (χ4v) is 6.47. The zero-order valence-electron chi connectivity index (χ0n) is 20.3. The molecule has 1 amide bonds. The molecule has 37 heavy (non-hydrogen) atoms. The van der Waals surface area contributed by atoms with E-state index in [0.29, 0.717) is 18.9 Å². The number of halogens is 4. The van der Waals surface area contributed by atoms with E-state index in [1.54, 1.807) is 11.4 Å². The van der Waals surface area contributed by atoms with E-state index < -0.39 is 28.6 Å². The molecule has 3 aromatic rings. The van der Waals surface area contributed by atoms with Crippen molar-refractivity contribution in [3.63, 3.8) is 0 Å². The van der Waals surface area contributed by atoms with Crippen molar-refractivity contribution < 1.29 is 26.9 Å². The molecule has 1 aromatic heterocycles. The van der Waals surface area contributed by atoms with Crippen molar-refractivity contribution in [1.82, 2.24) is 0 Å². The number of hydrogen-bond donors (Lipinski definition) is 2. The first kappa shape index (κ1) is 27.4. The van der Waals surface area contributed by atoms with Gasteiger partial charge in [-0.15, -0.1) is 11.3 Å². The van der Waals surface area contributed by atoms with Gasteiger partial charge in [-0.05, 0) is 67.1 Å². The fraction of sp³-hybridized carbons (Fsp3) is 0.320. The van der Waals surface area contributed by atoms with Crippen LogP contribution in [0.4, 0.5) is 30.2 Å². The van der Waals surface area contributed by atoms with Crippen LogP contribution in [-0.4, -0.2) is 36.4 Å². The SMILES string of the molecule is Cc1cc(C)c(N2CCOCC2)c(C)c1NC(=O)c1sccc1NS(=O)c1ccc(C(F)(F)F)cc1Cl. The van der Waals surface area contributed by atoms with Gasteiger partial charge >= 0.3 is 6.18 Å².